The molecule has 24 heavy (non-hydrogen) atoms. The Morgan fingerprint density at radius 2 is 1.25 bits per heavy atom. The first-order valence-electron chi connectivity index (χ1n) is 6.98. The third-order valence-electron chi connectivity index (χ3n) is 3.14. The van der Waals surface area contributed by atoms with Crippen LogP contribution in [0.25, 0.3) is 0 Å². The second-order valence-electron chi connectivity index (χ2n) is 5.03. The van der Waals surface area contributed by atoms with Crippen molar-refractivity contribution in [1.82, 2.24) is 0 Å². The quantitative estimate of drug-likeness (QED) is 0.659. The summed E-state index contributed by atoms with van der Waals surface area (Å²) in [5, 5.41) is 5.18. The van der Waals surface area contributed by atoms with Crippen LogP contribution in [0.15, 0.2) is 46.4 Å². The minimum absolute atomic E-state index is 0.301. The maximum atomic E-state index is 12.2. The molecule has 0 fully saturated rings. The number of carbonyl (C=O) groups excluding carboxylic acids is 3. The summed E-state index contributed by atoms with van der Waals surface area (Å²) in [6.07, 6.45) is 2.90. The van der Waals surface area contributed by atoms with Gasteiger partial charge in [-0.1, -0.05) is 12.1 Å². The highest BCUT2D eigenvalue weighted by Gasteiger charge is 2.10. The number of hydrogen-bond acceptors (Lipinski definition) is 5. The summed E-state index contributed by atoms with van der Waals surface area (Å²) in [5.41, 5.74) is 3.08. The van der Waals surface area contributed by atoms with Crippen molar-refractivity contribution in [1.29, 1.82) is 0 Å². The highest BCUT2D eigenvalue weighted by Crippen LogP contribution is 2.28. The molecule has 0 radical (unpaired) electrons. The Kier molecular flexibility index (Phi) is 5.36. The van der Waals surface area contributed by atoms with Crippen molar-refractivity contribution in [3.8, 4) is 0 Å². The van der Waals surface area contributed by atoms with E-state index in [4.69, 9.17) is 0 Å². The van der Waals surface area contributed by atoms with Crippen LogP contribution in [0.5, 0.6) is 0 Å². The molecule has 0 aliphatic rings. The van der Waals surface area contributed by atoms with Crippen LogP contribution in [0.4, 0.5) is 27.5 Å². The number of anilines is 2. The maximum absolute atomic E-state index is 12.2. The number of nitrogens with zero attached hydrogens (tertiary/aromatic N) is 2. The lowest BCUT2D eigenvalue weighted by Gasteiger charge is -2.11. The summed E-state index contributed by atoms with van der Waals surface area (Å²) in [6, 6.07) is 9.53. The lowest BCUT2D eigenvalue weighted by atomic mass is 10.2. The van der Waals surface area contributed by atoms with Crippen LogP contribution in [-0.4, -0.2) is 18.2 Å². The van der Waals surface area contributed by atoms with Gasteiger partial charge in [-0.05, 0) is 49.2 Å². The van der Waals surface area contributed by atoms with Gasteiger partial charge in [0.2, 0.25) is 12.2 Å². The average Bonchev–Trinajstić information content (AvgIpc) is 2.53. The SMILES string of the molecule is Cc1ccc(NC(=O)Nc2ccc(C)cc2N=C=O)c(N=C=O)c1. The molecular formula is C17H14N4O3. The smallest absolute Gasteiger partial charge is 0.306 e. The van der Waals surface area contributed by atoms with Gasteiger partial charge >= 0.3 is 6.03 Å². The Morgan fingerprint density at radius 1 is 0.833 bits per heavy atom. The normalized spacial score (nSPS) is 9.42. The van der Waals surface area contributed by atoms with E-state index < -0.39 is 6.03 Å². The van der Waals surface area contributed by atoms with Crippen LogP contribution >= 0.6 is 0 Å². The summed E-state index contributed by atoms with van der Waals surface area (Å²) < 4.78 is 0. The number of urea groups is 1. The van der Waals surface area contributed by atoms with Gasteiger partial charge in [-0.15, -0.1) is 0 Å². The van der Waals surface area contributed by atoms with Crippen LogP contribution in [-0.2, 0) is 9.59 Å². The molecule has 0 unspecified atom stereocenters. The minimum Gasteiger partial charge on any atom is -0.306 e. The number of amides is 2. The third kappa shape index (κ3) is 4.24. The van der Waals surface area contributed by atoms with E-state index in [-0.39, 0.29) is 0 Å². The van der Waals surface area contributed by atoms with Gasteiger partial charge in [0.05, 0.1) is 11.4 Å². The van der Waals surface area contributed by atoms with Gasteiger partial charge in [0, 0.05) is 0 Å². The topological polar surface area (TPSA) is 100.0 Å². The van der Waals surface area contributed by atoms with E-state index in [9.17, 15) is 14.4 Å². The Morgan fingerprint density at radius 3 is 1.62 bits per heavy atom. The predicted octanol–water partition coefficient (Wildman–Crippen LogP) is 3.88. The van der Waals surface area contributed by atoms with Crippen LogP contribution in [0.2, 0.25) is 0 Å². The largest absolute Gasteiger partial charge is 0.323 e. The van der Waals surface area contributed by atoms with Crippen molar-refractivity contribution >= 4 is 40.9 Å². The fourth-order valence-electron chi connectivity index (χ4n) is 2.05. The minimum atomic E-state index is -0.563. The van der Waals surface area contributed by atoms with Gasteiger partial charge in [0.25, 0.3) is 0 Å². The molecule has 2 aromatic carbocycles. The van der Waals surface area contributed by atoms with Crippen molar-refractivity contribution in [3.05, 3.63) is 47.5 Å². The number of aliphatic imine (C=N–C) groups is 2. The molecule has 2 N–H and O–H groups in total. The van der Waals surface area contributed by atoms with E-state index in [1.54, 1.807) is 36.4 Å². The fourth-order valence-corrected chi connectivity index (χ4v) is 2.05. The molecule has 7 heteroatoms. The average molecular weight is 322 g/mol. The summed E-state index contributed by atoms with van der Waals surface area (Å²) in [7, 11) is 0. The molecule has 0 saturated carbocycles. The number of rotatable bonds is 4. The standard InChI is InChI=1S/C17H14N4O3/c1-11-3-5-13(15(7-11)18-9-22)20-17(24)21-14-6-4-12(2)8-16(14)19-10-23/h3-8H,1-2H3,(H2,20,21,24). The zero-order valence-electron chi connectivity index (χ0n) is 13.1. The molecule has 2 amide bonds. The molecule has 2 aromatic rings. The van der Waals surface area contributed by atoms with Crippen LogP contribution < -0.4 is 10.6 Å². The lowest BCUT2D eigenvalue weighted by molar-refractivity contribution is 0.262. The van der Waals surface area contributed by atoms with Crippen molar-refractivity contribution in [2.24, 2.45) is 9.98 Å². The molecule has 0 spiro atoms. The maximum Gasteiger partial charge on any atom is 0.323 e. The predicted molar refractivity (Wildman–Crippen MR) is 90.6 cm³/mol. The summed E-state index contributed by atoms with van der Waals surface area (Å²) in [4.78, 5) is 40.3. The Hall–Kier alpha value is -3.53. The van der Waals surface area contributed by atoms with Crippen molar-refractivity contribution in [2.75, 3.05) is 10.6 Å². The molecule has 2 rings (SSSR count). The third-order valence-corrected chi connectivity index (χ3v) is 3.14. The van der Waals surface area contributed by atoms with Crippen LogP contribution in [0.1, 0.15) is 11.1 Å². The van der Waals surface area contributed by atoms with Gasteiger partial charge in [0.15, 0.2) is 0 Å². The molecule has 0 aromatic heterocycles. The van der Waals surface area contributed by atoms with Crippen molar-refractivity contribution in [2.45, 2.75) is 13.8 Å². The number of nitrogens with one attached hydrogen (secondary N) is 2. The number of carbonyl (C=O) groups is 1. The summed E-state index contributed by atoms with van der Waals surface area (Å²) >= 11 is 0. The molecule has 0 saturated heterocycles. The zero-order valence-corrected chi connectivity index (χ0v) is 13.1. The first kappa shape index (κ1) is 16.8. The van der Waals surface area contributed by atoms with Gasteiger partial charge < -0.3 is 10.6 Å². The summed E-state index contributed by atoms with van der Waals surface area (Å²) in [5.74, 6) is 0. The first-order valence-corrected chi connectivity index (χ1v) is 6.98. The number of benzene rings is 2. The highest BCUT2D eigenvalue weighted by atomic mass is 16.2. The Labute approximate surface area is 138 Å². The number of isocyanates is 2. The summed E-state index contributed by atoms with van der Waals surface area (Å²) in [6.45, 7) is 3.67. The van der Waals surface area contributed by atoms with Crippen molar-refractivity contribution < 1.29 is 14.4 Å². The molecule has 0 atom stereocenters. The fraction of sp³-hybridized carbons (Fsp3) is 0.118. The van der Waals surface area contributed by atoms with Crippen LogP contribution in [0.3, 0.4) is 0 Å². The molecule has 0 aliphatic heterocycles. The van der Waals surface area contributed by atoms with Gasteiger partial charge in [-0.25, -0.2) is 14.4 Å². The number of hydrogen-bond donors (Lipinski definition) is 2. The van der Waals surface area contributed by atoms with Gasteiger partial charge in [-0.2, -0.15) is 9.98 Å². The second kappa shape index (κ2) is 7.65. The first-order chi connectivity index (χ1) is 11.5. The van der Waals surface area contributed by atoms with E-state index in [2.05, 4.69) is 20.6 Å². The van der Waals surface area contributed by atoms with Crippen LogP contribution in [0, 0.1) is 13.8 Å². The van der Waals surface area contributed by atoms with E-state index in [1.165, 1.54) is 12.2 Å². The lowest BCUT2D eigenvalue weighted by Crippen LogP contribution is -2.19. The number of aryl methyl sites for hydroxylation is 2. The second-order valence-corrected chi connectivity index (χ2v) is 5.03. The Balaban J connectivity index is 2.23. The van der Waals surface area contributed by atoms with E-state index in [0.717, 1.165) is 11.1 Å². The Bertz CT molecular complexity index is 808. The molecular weight excluding hydrogens is 308 g/mol. The molecule has 7 nitrogen and oxygen atoms in total. The van der Waals surface area contributed by atoms with E-state index in [1.807, 2.05) is 13.8 Å². The highest BCUT2D eigenvalue weighted by molar-refractivity contribution is 6.03. The van der Waals surface area contributed by atoms with E-state index >= 15 is 0 Å². The van der Waals surface area contributed by atoms with E-state index in [0.29, 0.717) is 22.7 Å². The van der Waals surface area contributed by atoms with Gasteiger partial charge in [0.1, 0.15) is 11.4 Å². The van der Waals surface area contributed by atoms with Crippen molar-refractivity contribution in [3.63, 3.8) is 0 Å². The monoisotopic (exact) mass is 322 g/mol. The van der Waals surface area contributed by atoms with Gasteiger partial charge in [-0.3, -0.25) is 0 Å². The molecule has 120 valence electrons. The zero-order chi connectivity index (χ0) is 17.5. The molecule has 0 heterocycles. The molecule has 0 aliphatic carbocycles. The molecule has 0 bridgehead atoms.